The highest BCUT2D eigenvalue weighted by molar-refractivity contribution is 6.36. The minimum Gasteiger partial charge on any atom is -0.379 e. The van der Waals surface area contributed by atoms with Crippen molar-refractivity contribution >= 4 is 9.53 Å². The van der Waals surface area contributed by atoms with Gasteiger partial charge in [-0.1, -0.05) is 32.1 Å². The van der Waals surface area contributed by atoms with Crippen LogP contribution < -0.4 is 0 Å². The highest BCUT2D eigenvalue weighted by atomic mass is 28.3. The van der Waals surface area contributed by atoms with Crippen LogP contribution >= 0.6 is 0 Å². The van der Waals surface area contributed by atoms with E-state index in [0.29, 0.717) is 12.8 Å². The molecule has 0 N–H and O–H groups in total. The lowest BCUT2D eigenvalue weighted by Gasteiger charge is -2.17. The molecule has 27 heavy (non-hydrogen) atoms. The molecular formula is C18H27F5O3Si. The van der Waals surface area contributed by atoms with E-state index in [1.165, 1.54) is 0 Å². The first kappa shape index (κ1) is 24.0. The lowest BCUT2D eigenvalue weighted by atomic mass is 10.0. The van der Waals surface area contributed by atoms with E-state index in [2.05, 4.69) is 0 Å². The summed E-state index contributed by atoms with van der Waals surface area (Å²) in [6.45, 7) is 1.96. The summed E-state index contributed by atoms with van der Waals surface area (Å²) in [5.74, 6) is -9.33. The van der Waals surface area contributed by atoms with E-state index in [-0.39, 0.29) is 12.5 Å². The number of hydrogen-bond donors (Lipinski definition) is 0. The van der Waals surface area contributed by atoms with E-state index in [4.69, 9.17) is 13.3 Å². The van der Waals surface area contributed by atoms with Crippen LogP contribution in [0.25, 0.3) is 0 Å². The first-order chi connectivity index (χ1) is 12.8. The molecule has 3 nitrogen and oxygen atoms in total. The van der Waals surface area contributed by atoms with E-state index in [0.717, 1.165) is 32.1 Å². The van der Waals surface area contributed by atoms with Crippen molar-refractivity contribution < 1.29 is 35.2 Å². The van der Waals surface area contributed by atoms with Crippen molar-refractivity contribution in [2.45, 2.75) is 64.4 Å². The molecule has 1 unspecified atom stereocenters. The zero-order valence-electron chi connectivity index (χ0n) is 15.9. The predicted octanol–water partition coefficient (Wildman–Crippen LogP) is 5.07. The highest BCUT2D eigenvalue weighted by Crippen LogP contribution is 2.24. The molecule has 0 aliphatic carbocycles. The fourth-order valence-corrected chi connectivity index (χ4v) is 3.71. The van der Waals surface area contributed by atoms with Gasteiger partial charge in [0, 0.05) is 25.9 Å². The first-order valence-electron chi connectivity index (χ1n) is 9.04. The van der Waals surface area contributed by atoms with Gasteiger partial charge in [-0.15, -0.1) is 0 Å². The Labute approximate surface area is 158 Å². The smallest absolute Gasteiger partial charge is 0.379 e. The van der Waals surface area contributed by atoms with Crippen LogP contribution in [0.15, 0.2) is 0 Å². The molecule has 0 fully saturated rings. The van der Waals surface area contributed by atoms with Gasteiger partial charge in [0.05, 0.1) is 0 Å². The van der Waals surface area contributed by atoms with Crippen LogP contribution in [0, 0.1) is 29.1 Å². The van der Waals surface area contributed by atoms with Crippen molar-refractivity contribution in [3.05, 3.63) is 34.6 Å². The van der Waals surface area contributed by atoms with E-state index in [9.17, 15) is 22.0 Å². The third kappa shape index (κ3) is 7.48. The van der Waals surface area contributed by atoms with Gasteiger partial charge in [0.2, 0.25) is 5.82 Å². The Morgan fingerprint density at radius 3 is 1.67 bits per heavy atom. The number of halogens is 5. The summed E-state index contributed by atoms with van der Waals surface area (Å²) in [6.07, 6.45) is 5.49. The molecule has 9 heteroatoms. The van der Waals surface area contributed by atoms with Crippen molar-refractivity contribution in [2.75, 3.05) is 14.2 Å². The largest absolute Gasteiger partial charge is 0.483 e. The molecule has 1 aromatic rings. The Morgan fingerprint density at radius 1 is 0.704 bits per heavy atom. The SMILES string of the molecule is CO[SiH](OC)OC(C)CCCCCCCCc1c(F)c(F)c(F)c(F)c1F. The van der Waals surface area contributed by atoms with E-state index in [1.54, 1.807) is 14.2 Å². The Bertz CT molecular complexity index is 556. The van der Waals surface area contributed by atoms with Crippen LogP contribution in [0.3, 0.4) is 0 Å². The fourth-order valence-electron chi connectivity index (χ4n) is 2.78. The van der Waals surface area contributed by atoms with Crippen LogP contribution in [0.4, 0.5) is 22.0 Å². The second-order valence-electron chi connectivity index (χ2n) is 6.42. The third-order valence-corrected chi connectivity index (χ3v) is 5.77. The summed E-state index contributed by atoms with van der Waals surface area (Å²) in [5.41, 5.74) is -0.729. The predicted molar refractivity (Wildman–Crippen MR) is 94.0 cm³/mol. The van der Waals surface area contributed by atoms with Gasteiger partial charge in [-0.25, -0.2) is 22.0 Å². The first-order valence-corrected chi connectivity index (χ1v) is 10.5. The topological polar surface area (TPSA) is 27.7 Å². The maximum absolute atomic E-state index is 13.5. The molecule has 0 radical (unpaired) electrons. The molecule has 1 atom stereocenters. The molecule has 1 rings (SSSR count). The molecule has 0 spiro atoms. The Balaban J connectivity index is 2.22. The molecule has 0 aromatic heterocycles. The Kier molecular flexibility index (Phi) is 11.1. The van der Waals surface area contributed by atoms with Crippen LogP contribution in [0.2, 0.25) is 0 Å². The standard InChI is InChI=1S/C18H27F5O3Si/c1-12(26-27(24-2)25-3)10-8-6-4-5-7-9-11-13-14(19)16(21)18(23)17(22)15(13)20/h12,27H,4-11H2,1-3H3. The number of unbranched alkanes of at least 4 members (excludes halogenated alkanes) is 5. The number of benzene rings is 1. The molecule has 0 aliphatic heterocycles. The lowest BCUT2D eigenvalue weighted by Crippen LogP contribution is -2.28. The summed E-state index contributed by atoms with van der Waals surface area (Å²) in [6, 6.07) is 0. The van der Waals surface area contributed by atoms with Crippen LogP contribution in [-0.2, 0) is 19.7 Å². The van der Waals surface area contributed by atoms with Gasteiger partial charge in [-0.2, -0.15) is 0 Å². The average molecular weight is 414 g/mol. The van der Waals surface area contributed by atoms with Gasteiger partial charge in [0.25, 0.3) is 0 Å². The normalized spacial score (nSPS) is 12.8. The number of rotatable bonds is 13. The van der Waals surface area contributed by atoms with Crippen LogP contribution in [-0.4, -0.2) is 29.9 Å². The second-order valence-corrected chi connectivity index (χ2v) is 8.21. The van der Waals surface area contributed by atoms with Gasteiger partial charge in [0.1, 0.15) is 0 Å². The van der Waals surface area contributed by atoms with E-state index in [1.807, 2.05) is 6.92 Å². The molecule has 1 aromatic carbocycles. The van der Waals surface area contributed by atoms with Crippen molar-refractivity contribution in [3.63, 3.8) is 0 Å². The summed E-state index contributed by atoms with van der Waals surface area (Å²) >= 11 is 0. The van der Waals surface area contributed by atoms with Gasteiger partial charge in [-0.3, -0.25) is 0 Å². The zero-order valence-corrected chi connectivity index (χ0v) is 17.1. The molecule has 0 heterocycles. The van der Waals surface area contributed by atoms with Gasteiger partial charge < -0.3 is 13.3 Å². The summed E-state index contributed by atoms with van der Waals surface area (Å²) in [5, 5.41) is 0. The molecule has 0 aliphatic rings. The molecule has 0 amide bonds. The quantitative estimate of drug-likeness (QED) is 0.148. The van der Waals surface area contributed by atoms with Crippen molar-refractivity contribution in [2.24, 2.45) is 0 Å². The minimum absolute atomic E-state index is 0.0517. The molecule has 0 saturated carbocycles. The highest BCUT2D eigenvalue weighted by Gasteiger charge is 2.25. The lowest BCUT2D eigenvalue weighted by molar-refractivity contribution is 0.0892. The molecule has 0 saturated heterocycles. The maximum Gasteiger partial charge on any atom is 0.483 e. The number of hydrogen-bond acceptors (Lipinski definition) is 3. The van der Waals surface area contributed by atoms with Gasteiger partial charge >= 0.3 is 9.53 Å². The molecular weight excluding hydrogens is 387 g/mol. The summed E-state index contributed by atoms with van der Waals surface area (Å²) < 4.78 is 82.1. The molecule has 0 bridgehead atoms. The summed E-state index contributed by atoms with van der Waals surface area (Å²) in [7, 11) is 1.10. The minimum atomic E-state index is -2.11. The second kappa shape index (κ2) is 12.4. The van der Waals surface area contributed by atoms with Crippen LogP contribution in [0.5, 0.6) is 0 Å². The monoisotopic (exact) mass is 414 g/mol. The molecule has 156 valence electrons. The summed E-state index contributed by atoms with van der Waals surface area (Å²) in [4.78, 5) is 0. The van der Waals surface area contributed by atoms with Crippen molar-refractivity contribution in [1.82, 2.24) is 0 Å². The third-order valence-electron chi connectivity index (χ3n) is 4.32. The van der Waals surface area contributed by atoms with E-state index >= 15 is 0 Å². The van der Waals surface area contributed by atoms with Gasteiger partial charge in [-0.05, 0) is 26.2 Å². The zero-order chi connectivity index (χ0) is 20.4. The van der Waals surface area contributed by atoms with Gasteiger partial charge in [0.15, 0.2) is 23.3 Å². The Hall–Kier alpha value is -1.03. The average Bonchev–Trinajstić information content (AvgIpc) is 2.67. The van der Waals surface area contributed by atoms with Crippen molar-refractivity contribution in [1.29, 1.82) is 0 Å². The van der Waals surface area contributed by atoms with Crippen LogP contribution in [0.1, 0.15) is 57.4 Å². The maximum atomic E-state index is 13.5. The fraction of sp³-hybridized carbons (Fsp3) is 0.667. The Morgan fingerprint density at radius 2 is 1.15 bits per heavy atom. The van der Waals surface area contributed by atoms with Crippen molar-refractivity contribution in [3.8, 4) is 0 Å². The van der Waals surface area contributed by atoms with E-state index < -0.39 is 44.2 Å².